The summed E-state index contributed by atoms with van der Waals surface area (Å²) >= 11 is 0. The zero-order valence-electron chi connectivity index (χ0n) is 13.7. The molecule has 1 aliphatic rings. The largest absolute Gasteiger partial charge is 0.494 e. The van der Waals surface area contributed by atoms with Crippen molar-refractivity contribution in [2.45, 2.75) is 57.6 Å². The number of benzene rings is 1. The third-order valence-corrected chi connectivity index (χ3v) is 4.51. The van der Waals surface area contributed by atoms with Gasteiger partial charge in [0.25, 0.3) is 0 Å². The van der Waals surface area contributed by atoms with Gasteiger partial charge in [-0.15, -0.1) is 0 Å². The molecule has 118 valence electrons. The average molecular weight is 291 g/mol. The van der Waals surface area contributed by atoms with Gasteiger partial charge in [0.15, 0.2) is 0 Å². The maximum atomic E-state index is 6.03. The van der Waals surface area contributed by atoms with Crippen molar-refractivity contribution in [1.82, 2.24) is 5.32 Å². The van der Waals surface area contributed by atoms with E-state index in [9.17, 15) is 0 Å². The van der Waals surface area contributed by atoms with Crippen molar-refractivity contribution in [3.05, 3.63) is 29.8 Å². The first-order valence-corrected chi connectivity index (χ1v) is 8.27. The highest BCUT2D eigenvalue weighted by Crippen LogP contribution is 2.44. The Kier molecular flexibility index (Phi) is 6.07. The second kappa shape index (κ2) is 7.81. The van der Waals surface area contributed by atoms with Gasteiger partial charge in [0.05, 0.1) is 18.2 Å². The minimum atomic E-state index is -0.0949. The zero-order chi connectivity index (χ0) is 15.1. The normalized spacial score (nSPS) is 18.6. The van der Waals surface area contributed by atoms with Gasteiger partial charge < -0.3 is 14.8 Å². The number of rotatable bonds is 8. The lowest BCUT2D eigenvalue weighted by molar-refractivity contribution is -0.0373. The topological polar surface area (TPSA) is 30.5 Å². The smallest absolute Gasteiger partial charge is 0.124 e. The molecule has 1 aromatic carbocycles. The Bertz CT molecular complexity index is 427. The number of ether oxygens (including phenoxy) is 2. The molecule has 2 rings (SSSR count). The Morgan fingerprint density at radius 2 is 1.90 bits per heavy atom. The Morgan fingerprint density at radius 1 is 1.19 bits per heavy atom. The molecule has 0 spiro atoms. The first kappa shape index (κ1) is 16.3. The molecular weight excluding hydrogens is 262 g/mol. The van der Waals surface area contributed by atoms with Gasteiger partial charge in [-0.2, -0.15) is 0 Å². The highest BCUT2D eigenvalue weighted by Gasteiger charge is 2.43. The minimum Gasteiger partial charge on any atom is -0.494 e. The minimum absolute atomic E-state index is 0.0949. The summed E-state index contributed by atoms with van der Waals surface area (Å²) in [6.07, 6.45) is 5.84. The number of hydrogen-bond acceptors (Lipinski definition) is 3. The lowest BCUT2D eigenvalue weighted by Crippen LogP contribution is -2.44. The van der Waals surface area contributed by atoms with Gasteiger partial charge in [-0.05, 0) is 38.8 Å². The number of nitrogens with one attached hydrogen (secondary N) is 1. The predicted molar refractivity (Wildman–Crippen MR) is 86.9 cm³/mol. The quantitative estimate of drug-likeness (QED) is 0.782. The molecule has 3 heteroatoms. The molecule has 1 N–H and O–H groups in total. The van der Waals surface area contributed by atoms with E-state index in [-0.39, 0.29) is 11.6 Å². The number of hydrogen-bond donors (Lipinski definition) is 1. The zero-order valence-corrected chi connectivity index (χ0v) is 13.7. The van der Waals surface area contributed by atoms with E-state index in [4.69, 9.17) is 9.47 Å². The molecule has 1 unspecified atom stereocenters. The summed E-state index contributed by atoms with van der Waals surface area (Å²) in [6.45, 7) is 5.92. The van der Waals surface area contributed by atoms with E-state index in [2.05, 4.69) is 30.4 Å². The summed E-state index contributed by atoms with van der Waals surface area (Å²) in [7, 11) is 1.86. The van der Waals surface area contributed by atoms with Crippen molar-refractivity contribution >= 4 is 0 Å². The van der Waals surface area contributed by atoms with E-state index in [0.717, 1.165) is 31.6 Å². The molecule has 1 fully saturated rings. The molecule has 1 aromatic rings. The van der Waals surface area contributed by atoms with E-state index < -0.39 is 0 Å². The van der Waals surface area contributed by atoms with E-state index >= 15 is 0 Å². The molecule has 0 aromatic heterocycles. The standard InChI is InChI=1S/C18H29NO2/c1-4-14-19-17(18(20-3)12-8-9-13-18)15-10-6-7-11-16(15)21-5-2/h6-7,10-11,17,19H,4-5,8-9,12-14H2,1-3H3. The van der Waals surface area contributed by atoms with Crippen LogP contribution in [0.15, 0.2) is 24.3 Å². The van der Waals surface area contributed by atoms with E-state index in [0.29, 0.717) is 6.61 Å². The molecule has 1 saturated carbocycles. The lowest BCUT2D eigenvalue weighted by Gasteiger charge is -2.38. The molecule has 0 aliphatic heterocycles. The lowest BCUT2D eigenvalue weighted by atomic mass is 9.86. The predicted octanol–water partition coefficient (Wildman–Crippen LogP) is 4.09. The summed E-state index contributed by atoms with van der Waals surface area (Å²) in [5.41, 5.74) is 1.14. The van der Waals surface area contributed by atoms with Crippen LogP contribution in [0.4, 0.5) is 0 Å². The van der Waals surface area contributed by atoms with Crippen LogP contribution < -0.4 is 10.1 Å². The summed E-state index contributed by atoms with van der Waals surface area (Å²) in [6, 6.07) is 8.58. The van der Waals surface area contributed by atoms with Crippen LogP contribution in [0.3, 0.4) is 0 Å². The summed E-state index contributed by atoms with van der Waals surface area (Å²) < 4.78 is 11.9. The summed E-state index contributed by atoms with van der Waals surface area (Å²) in [5.74, 6) is 0.983. The fraction of sp³-hybridized carbons (Fsp3) is 0.667. The molecule has 0 radical (unpaired) electrons. The third-order valence-electron chi connectivity index (χ3n) is 4.51. The highest BCUT2D eigenvalue weighted by molar-refractivity contribution is 5.38. The van der Waals surface area contributed by atoms with Crippen LogP contribution in [0, 0.1) is 0 Å². The Morgan fingerprint density at radius 3 is 2.52 bits per heavy atom. The second-order valence-electron chi connectivity index (χ2n) is 5.83. The molecular formula is C18H29NO2. The maximum absolute atomic E-state index is 6.03. The molecule has 0 amide bonds. The Balaban J connectivity index is 2.35. The van der Waals surface area contributed by atoms with Gasteiger partial charge in [-0.3, -0.25) is 0 Å². The first-order valence-electron chi connectivity index (χ1n) is 8.27. The molecule has 0 saturated heterocycles. The number of methoxy groups -OCH3 is 1. The van der Waals surface area contributed by atoms with Crippen LogP contribution in [0.5, 0.6) is 5.75 Å². The maximum Gasteiger partial charge on any atom is 0.124 e. The van der Waals surface area contributed by atoms with Gasteiger partial charge >= 0.3 is 0 Å². The van der Waals surface area contributed by atoms with Crippen LogP contribution in [-0.4, -0.2) is 25.9 Å². The fourth-order valence-electron chi connectivity index (χ4n) is 3.46. The van der Waals surface area contributed by atoms with Crippen LogP contribution >= 0.6 is 0 Å². The molecule has 1 aliphatic carbocycles. The molecule has 0 bridgehead atoms. The third kappa shape index (κ3) is 3.58. The summed E-state index contributed by atoms with van der Waals surface area (Å²) in [4.78, 5) is 0. The van der Waals surface area contributed by atoms with Gasteiger partial charge in [-0.1, -0.05) is 38.0 Å². The molecule has 0 heterocycles. The van der Waals surface area contributed by atoms with Crippen molar-refractivity contribution in [3.63, 3.8) is 0 Å². The fourth-order valence-corrected chi connectivity index (χ4v) is 3.46. The average Bonchev–Trinajstić information content (AvgIpc) is 2.99. The monoisotopic (exact) mass is 291 g/mol. The van der Waals surface area contributed by atoms with Crippen LogP contribution in [0.2, 0.25) is 0 Å². The second-order valence-corrected chi connectivity index (χ2v) is 5.83. The van der Waals surface area contributed by atoms with Gasteiger partial charge in [0, 0.05) is 12.7 Å². The van der Waals surface area contributed by atoms with Crippen LogP contribution in [0.1, 0.15) is 57.6 Å². The van der Waals surface area contributed by atoms with Crippen molar-refractivity contribution < 1.29 is 9.47 Å². The highest BCUT2D eigenvalue weighted by atomic mass is 16.5. The molecule has 1 atom stereocenters. The van der Waals surface area contributed by atoms with Gasteiger partial charge in [-0.25, -0.2) is 0 Å². The van der Waals surface area contributed by atoms with E-state index in [1.165, 1.54) is 18.4 Å². The van der Waals surface area contributed by atoms with Gasteiger partial charge in [0.1, 0.15) is 5.75 Å². The SMILES string of the molecule is CCCNC(c1ccccc1OCC)C1(OC)CCCC1. The van der Waals surface area contributed by atoms with E-state index in [1.807, 2.05) is 20.1 Å². The van der Waals surface area contributed by atoms with Crippen molar-refractivity contribution in [2.75, 3.05) is 20.3 Å². The van der Waals surface area contributed by atoms with Crippen molar-refractivity contribution in [1.29, 1.82) is 0 Å². The number of para-hydroxylation sites is 1. The van der Waals surface area contributed by atoms with Crippen molar-refractivity contribution in [3.8, 4) is 5.75 Å². The Hall–Kier alpha value is -1.06. The van der Waals surface area contributed by atoms with E-state index in [1.54, 1.807) is 0 Å². The van der Waals surface area contributed by atoms with Crippen molar-refractivity contribution in [2.24, 2.45) is 0 Å². The van der Waals surface area contributed by atoms with Gasteiger partial charge in [0.2, 0.25) is 0 Å². The van der Waals surface area contributed by atoms with Crippen LogP contribution in [-0.2, 0) is 4.74 Å². The molecule has 21 heavy (non-hydrogen) atoms. The first-order chi connectivity index (χ1) is 10.3. The van der Waals surface area contributed by atoms with Crippen LogP contribution in [0.25, 0.3) is 0 Å². The molecule has 3 nitrogen and oxygen atoms in total. The summed E-state index contributed by atoms with van der Waals surface area (Å²) in [5, 5.41) is 3.71. The Labute approximate surface area is 129 Å².